The highest BCUT2D eigenvalue weighted by molar-refractivity contribution is 5.76. The van der Waals surface area contributed by atoms with Crippen molar-refractivity contribution >= 4 is 11.9 Å². The van der Waals surface area contributed by atoms with Gasteiger partial charge in [-0.2, -0.15) is 0 Å². The summed E-state index contributed by atoms with van der Waals surface area (Å²) in [5, 5.41) is 23.5. The molecule has 2 atom stereocenters. The molecule has 0 aromatic heterocycles. The van der Waals surface area contributed by atoms with Crippen LogP contribution in [-0.4, -0.2) is 47.4 Å². The van der Waals surface area contributed by atoms with Gasteiger partial charge in [-0.15, -0.1) is 0 Å². The number of unbranched alkanes of at least 4 members (excludes halogenated alkanes) is 61. The Morgan fingerprint density at radius 1 is 0.311 bits per heavy atom. The van der Waals surface area contributed by atoms with Crippen LogP contribution in [0.25, 0.3) is 0 Å². The molecule has 6 heteroatoms. The smallest absolute Gasteiger partial charge is 0.305 e. The standard InChI is InChI=1S/C84H161NO5/c1-3-5-7-9-11-13-15-17-18-19-20-40-43-46-49-53-56-60-64-68-72-76-82(87)81(80-86)85-83(88)77-73-69-65-61-57-54-50-47-44-41-38-36-34-32-30-28-26-24-22-21-23-25-27-29-31-33-35-37-39-42-45-48-51-55-59-63-67-71-75-79-90-84(89)78-74-70-66-62-58-52-16-14-12-10-8-6-4-2/h14,16,21-22,25,27,81-82,86-87H,3-13,15,17-20,23-24,26,28-80H2,1-2H3,(H,85,88)/b16-14-,22-21-,27-25-. The number of esters is 1. The molecule has 532 valence electrons. The molecule has 0 heterocycles. The molecular formula is C84H161NO5. The van der Waals surface area contributed by atoms with Gasteiger partial charge in [0.15, 0.2) is 0 Å². The molecule has 0 aliphatic heterocycles. The normalized spacial score (nSPS) is 12.6. The van der Waals surface area contributed by atoms with Crippen molar-refractivity contribution in [2.75, 3.05) is 13.2 Å². The van der Waals surface area contributed by atoms with Gasteiger partial charge in [-0.25, -0.2) is 0 Å². The monoisotopic (exact) mass is 1260 g/mol. The van der Waals surface area contributed by atoms with E-state index in [0.29, 0.717) is 25.9 Å². The van der Waals surface area contributed by atoms with Crippen LogP contribution in [0.15, 0.2) is 36.5 Å². The predicted molar refractivity (Wildman–Crippen MR) is 398 cm³/mol. The quantitative estimate of drug-likeness (QED) is 0.0320. The number of carbonyl (C=O) groups is 2. The lowest BCUT2D eigenvalue weighted by Gasteiger charge is -2.22. The summed E-state index contributed by atoms with van der Waals surface area (Å²) in [6.45, 7) is 4.98. The lowest BCUT2D eigenvalue weighted by atomic mass is 10.0. The number of allylic oxidation sites excluding steroid dienone is 6. The van der Waals surface area contributed by atoms with E-state index >= 15 is 0 Å². The highest BCUT2D eigenvalue weighted by atomic mass is 16.5. The minimum absolute atomic E-state index is 0.0117. The third kappa shape index (κ3) is 75.1. The lowest BCUT2D eigenvalue weighted by Crippen LogP contribution is -2.45. The molecule has 0 rings (SSSR count). The minimum atomic E-state index is -0.663. The first-order valence-electron chi connectivity index (χ1n) is 41.2. The summed E-state index contributed by atoms with van der Waals surface area (Å²) < 4.78 is 5.49. The van der Waals surface area contributed by atoms with Crippen LogP contribution in [0.2, 0.25) is 0 Å². The van der Waals surface area contributed by atoms with E-state index in [0.717, 1.165) is 51.4 Å². The Morgan fingerprint density at radius 2 is 0.556 bits per heavy atom. The second-order valence-corrected chi connectivity index (χ2v) is 28.5. The molecule has 0 radical (unpaired) electrons. The van der Waals surface area contributed by atoms with Crippen molar-refractivity contribution in [2.45, 2.75) is 475 Å². The van der Waals surface area contributed by atoms with Crippen LogP contribution in [0.3, 0.4) is 0 Å². The summed E-state index contributed by atoms with van der Waals surface area (Å²) >= 11 is 0. The van der Waals surface area contributed by atoms with E-state index in [1.165, 1.54) is 379 Å². The molecular weight excluding hydrogens is 1100 g/mol. The molecule has 0 fully saturated rings. The summed E-state index contributed by atoms with van der Waals surface area (Å²) in [7, 11) is 0. The van der Waals surface area contributed by atoms with E-state index in [2.05, 4.69) is 55.6 Å². The SMILES string of the molecule is CCCCCC/C=C\CCCCCCCC(=O)OCCCCCCCCCCCCCCCCC/C=C\C/C=C\CCCCCCCCCCCCCCCCCCCC(=O)NC(CO)C(O)CCCCCCCCCCCCCCCCCCCCCCC. The summed E-state index contributed by atoms with van der Waals surface area (Å²) in [6, 6.07) is -0.540. The van der Waals surface area contributed by atoms with E-state index in [1.54, 1.807) is 0 Å². The van der Waals surface area contributed by atoms with E-state index in [9.17, 15) is 19.8 Å². The third-order valence-corrected chi connectivity index (χ3v) is 19.4. The molecule has 0 aliphatic rings. The zero-order valence-corrected chi connectivity index (χ0v) is 61.1. The van der Waals surface area contributed by atoms with Gasteiger partial charge in [-0.05, 0) is 83.5 Å². The van der Waals surface area contributed by atoms with Crippen molar-refractivity contribution in [3.05, 3.63) is 36.5 Å². The van der Waals surface area contributed by atoms with Gasteiger partial charge in [-0.3, -0.25) is 9.59 Å². The second kappa shape index (κ2) is 79.5. The topological polar surface area (TPSA) is 95.9 Å². The van der Waals surface area contributed by atoms with Crippen molar-refractivity contribution < 1.29 is 24.5 Å². The van der Waals surface area contributed by atoms with Crippen molar-refractivity contribution in [3.8, 4) is 0 Å². The molecule has 0 saturated carbocycles. The van der Waals surface area contributed by atoms with Gasteiger partial charge < -0.3 is 20.3 Å². The van der Waals surface area contributed by atoms with Gasteiger partial charge in [0, 0.05) is 12.8 Å². The minimum Gasteiger partial charge on any atom is -0.466 e. The number of amides is 1. The number of nitrogens with one attached hydrogen (secondary N) is 1. The first-order valence-corrected chi connectivity index (χ1v) is 41.2. The van der Waals surface area contributed by atoms with Crippen molar-refractivity contribution in [2.24, 2.45) is 0 Å². The largest absolute Gasteiger partial charge is 0.466 e. The Morgan fingerprint density at radius 3 is 0.867 bits per heavy atom. The Hall–Kier alpha value is -1.92. The number of hydrogen-bond donors (Lipinski definition) is 3. The number of ether oxygens (including phenoxy) is 1. The van der Waals surface area contributed by atoms with Crippen LogP contribution in [0.5, 0.6) is 0 Å². The molecule has 0 spiro atoms. The van der Waals surface area contributed by atoms with Gasteiger partial charge >= 0.3 is 5.97 Å². The summed E-state index contributed by atoms with van der Waals surface area (Å²) in [6.07, 6.45) is 104. The first-order chi connectivity index (χ1) is 44.5. The van der Waals surface area contributed by atoms with Crippen LogP contribution in [0.4, 0.5) is 0 Å². The summed E-state index contributed by atoms with van der Waals surface area (Å²) in [5.41, 5.74) is 0. The van der Waals surface area contributed by atoms with Crippen LogP contribution in [-0.2, 0) is 14.3 Å². The van der Waals surface area contributed by atoms with Crippen LogP contribution in [0.1, 0.15) is 463 Å². The van der Waals surface area contributed by atoms with Crippen molar-refractivity contribution in [1.29, 1.82) is 0 Å². The maximum Gasteiger partial charge on any atom is 0.305 e. The van der Waals surface area contributed by atoms with E-state index in [1.807, 2.05) is 0 Å². The molecule has 90 heavy (non-hydrogen) atoms. The van der Waals surface area contributed by atoms with Crippen LogP contribution >= 0.6 is 0 Å². The summed E-state index contributed by atoms with van der Waals surface area (Å²) in [4.78, 5) is 24.6. The zero-order chi connectivity index (χ0) is 64.9. The third-order valence-electron chi connectivity index (χ3n) is 19.4. The van der Waals surface area contributed by atoms with Crippen molar-refractivity contribution in [3.63, 3.8) is 0 Å². The number of aliphatic hydroxyl groups excluding tert-OH is 2. The Balaban J connectivity index is 3.36. The molecule has 2 unspecified atom stereocenters. The molecule has 0 aliphatic carbocycles. The predicted octanol–water partition coefficient (Wildman–Crippen LogP) is 27.4. The van der Waals surface area contributed by atoms with E-state index in [-0.39, 0.29) is 18.5 Å². The fourth-order valence-corrected chi connectivity index (χ4v) is 13.1. The van der Waals surface area contributed by atoms with Crippen molar-refractivity contribution in [1.82, 2.24) is 5.32 Å². The van der Waals surface area contributed by atoms with Gasteiger partial charge in [0.2, 0.25) is 5.91 Å². The molecule has 3 N–H and O–H groups in total. The summed E-state index contributed by atoms with van der Waals surface area (Å²) in [5.74, 6) is -0.0150. The zero-order valence-electron chi connectivity index (χ0n) is 61.1. The highest BCUT2D eigenvalue weighted by Crippen LogP contribution is 2.20. The second-order valence-electron chi connectivity index (χ2n) is 28.5. The average molecular weight is 1270 g/mol. The lowest BCUT2D eigenvalue weighted by molar-refractivity contribution is -0.143. The number of aliphatic hydroxyl groups is 2. The van der Waals surface area contributed by atoms with E-state index in [4.69, 9.17) is 4.74 Å². The fourth-order valence-electron chi connectivity index (χ4n) is 13.1. The molecule has 0 bridgehead atoms. The van der Waals surface area contributed by atoms with Gasteiger partial charge in [0.05, 0.1) is 25.4 Å². The maximum atomic E-state index is 12.6. The van der Waals surface area contributed by atoms with Crippen LogP contribution < -0.4 is 5.32 Å². The maximum absolute atomic E-state index is 12.6. The molecule has 0 saturated heterocycles. The first kappa shape index (κ1) is 88.1. The van der Waals surface area contributed by atoms with Gasteiger partial charge in [0.1, 0.15) is 0 Å². The number of rotatable bonds is 78. The molecule has 1 amide bonds. The van der Waals surface area contributed by atoms with Crippen LogP contribution in [0, 0.1) is 0 Å². The number of hydrogen-bond acceptors (Lipinski definition) is 5. The Labute approximate surface area is 564 Å². The Bertz CT molecular complexity index is 1460. The molecule has 0 aromatic carbocycles. The van der Waals surface area contributed by atoms with Gasteiger partial charge in [0.25, 0.3) is 0 Å². The van der Waals surface area contributed by atoms with E-state index < -0.39 is 12.1 Å². The molecule has 0 aromatic rings. The Kier molecular flexibility index (Phi) is 77.8. The molecule has 6 nitrogen and oxygen atoms in total. The fraction of sp³-hybridized carbons (Fsp3) is 0.905. The van der Waals surface area contributed by atoms with Gasteiger partial charge in [-0.1, -0.05) is 403 Å². The number of carbonyl (C=O) groups excluding carboxylic acids is 2. The average Bonchev–Trinajstić information content (AvgIpc) is 3.70. The highest BCUT2D eigenvalue weighted by Gasteiger charge is 2.20.